The molecule has 0 aliphatic heterocycles. The predicted molar refractivity (Wildman–Crippen MR) is 60.3 cm³/mol. The van der Waals surface area contributed by atoms with Gasteiger partial charge in [-0.1, -0.05) is 35.9 Å². The normalized spacial score (nSPS) is 9.93. The third-order valence-corrected chi connectivity index (χ3v) is 2.13. The van der Waals surface area contributed by atoms with Gasteiger partial charge < -0.3 is 4.74 Å². The molecule has 14 heavy (non-hydrogen) atoms. The fourth-order valence-electron chi connectivity index (χ4n) is 1.17. The van der Waals surface area contributed by atoms with Crippen molar-refractivity contribution in [1.82, 2.24) is 0 Å². The Morgan fingerprint density at radius 1 is 1.29 bits per heavy atom. The Morgan fingerprint density at radius 2 is 2.00 bits per heavy atom. The minimum atomic E-state index is 0.705. The van der Waals surface area contributed by atoms with Gasteiger partial charge in [-0.3, -0.25) is 0 Å². The molecule has 0 saturated carbocycles. The van der Waals surface area contributed by atoms with Crippen LogP contribution in [0.3, 0.4) is 0 Å². The number of allylic oxidation sites excluding steroid dienone is 1. The molecule has 1 nitrogen and oxygen atoms in total. The third kappa shape index (κ3) is 3.75. The summed E-state index contributed by atoms with van der Waals surface area (Å²) in [5.74, 6) is 0. The van der Waals surface area contributed by atoms with Gasteiger partial charge in [-0.25, -0.2) is 0 Å². The summed E-state index contributed by atoms with van der Waals surface area (Å²) >= 11 is 0. The molecule has 0 saturated heterocycles. The zero-order valence-electron chi connectivity index (χ0n) is 9.21. The van der Waals surface area contributed by atoms with Crippen LogP contribution in [0.5, 0.6) is 0 Å². The maximum Gasteiger partial charge on any atom is 0.0723 e. The van der Waals surface area contributed by atoms with E-state index in [1.165, 1.54) is 16.7 Å². The lowest BCUT2D eigenvalue weighted by Gasteiger charge is -2.05. The van der Waals surface area contributed by atoms with Crippen molar-refractivity contribution >= 4 is 0 Å². The average Bonchev–Trinajstić information content (AvgIpc) is 2.15. The number of rotatable bonds is 4. The average molecular weight is 190 g/mol. The van der Waals surface area contributed by atoms with Gasteiger partial charge in [0.15, 0.2) is 0 Å². The zero-order valence-corrected chi connectivity index (χ0v) is 9.21. The minimum Gasteiger partial charge on any atom is -0.373 e. The summed E-state index contributed by atoms with van der Waals surface area (Å²) in [6.07, 6.45) is 2.10. The van der Waals surface area contributed by atoms with Gasteiger partial charge in [0, 0.05) is 0 Å². The van der Waals surface area contributed by atoms with Gasteiger partial charge in [-0.15, -0.1) is 0 Å². The van der Waals surface area contributed by atoms with E-state index in [4.69, 9.17) is 4.74 Å². The van der Waals surface area contributed by atoms with Crippen LogP contribution in [0, 0.1) is 6.92 Å². The Kier molecular flexibility index (Phi) is 4.41. The first-order chi connectivity index (χ1) is 6.70. The van der Waals surface area contributed by atoms with Gasteiger partial charge in [0.2, 0.25) is 0 Å². The molecule has 0 unspecified atom stereocenters. The van der Waals surface area contributed by atoms with Crippen LogP contribution in [-0.2, 0) is 11.3 Å². The number of hydrogen-bond acceptors (Lipinski definition) is 1. The smallest absolute Gasteiger partial charge is 0.0723 e. The van der Waals surface area contributed by atoms with Crippen molar-refractivity contribution in [2.45, 2.75) is 27.4 Å². The molecule has 0 amide bonds. The van der Waals surface area contributed by atoms with Gasteiger partial charge in [0.05, 0.1) is 13.2 Å². The van der Waals surface area contributed by atoms with Gasteiger partial charge in [-0.2, -0.15) is 0 Å². The highest BCUT2D eigenvalue weighted by Crippen LogP contribution is 2.08. The molecule has 76 valence electrons. The van der Waals surface area contributed by atoms with Gasteiger partial charge in [0.1, 0.15) is 0 Å². The number of aryl methyl sites for hydroxylation is 1. The first-order valence-electron chi connectivity index (χ1n) is 4.96. The van der Waals surface area contributed by atoms with Gasteiger partial charge in [-0.05, 0) is 31.9 Å². The van der Waals surface area contributed by atoms with Crippen LogP contribution < -0.4 is 0 Å². The van der Waals surface area contributed by atoms with E-state index in [1.54, 1.807) is 0 Å². The van der Waals surface area contributed by atoms with E-state index < -0.39 is 0 Å². The SMILES string of the molecule is CC(C)=CCOCc1ccccc1C. The highest BCUT2D eigenvalue weighted by molar-refractivity contribution is 5.24. The van der Waals surface area contributed by atoms with Crippen molar-refractivity contribution in [3.8, 4) is 0 Å². The molecule has 0 aromatic heterocycles. The summed E-state index contributed by atoms with van der Waals surface area (Å²) in [6, 6.07) is 8.32. The van der Waals surface area contributed by atoms with E-state index in [0.29, 0.717) is 13.2 Å². The quantitative estimate of drug-likeness (QED) is 0.521. The summed E-state index contributed by atoms with van der Waals surface area (Å²) in [7, 11) is 0. The van der Waals surface area contributed by atoms with Crippen LogP contribution in [0.15, 0.2) is 35.9 Å². The summed E-state index contributed by atoms with van der Waals surface area (Å²) < 4.78 is 5.53. The molecule has 0 aliphatic rings. The van der Waals surface area contributed by atoms with Gasteiger partial charge >= 0.3 is 0 Å². The molecule has 0 bridgehead atoms. The van der Waals surface area contributed by atoms with Crippen LogP contribution in [0.25, 0.3) is 0 Å². The van der Waals surface area contributed by atoms with E-state index in [9.17, 15) is 0 Å². The van der Waals surface area contributed by atoms with Crippen LogP contribution in [-0.4, -0.2) is 6.61 Å². The van der Waals surface area contributed by atoms with E-state index in [0.717, 1.165) is 0 Å². The predicted octanol–water partition coefficient (Wildman–Crippen LogP) is 3.48. The summed E-state index contributed by atoms with van der Waals surface area (Å²) in [5.41, 5.74) is 3.87. The van der Waals surface area contributed by atoms with Crippen LogP contribution in [0.2, 0.25) is 0 Å². The Balaban J connectivity index is 2.39. The molecule has 1 heteroatoms. The highest BCUT2D eigenvalue weighted by atomic mass is 16.5. The van der Waals surface area contributed by atoms with E-state index in [-0.39, 0.29) is 0 Å². The second-order valence-corrected chi connectivity index (χ2v) is 3.72. The first kappa shape index (κ1) is 11.0. The first-order valence-corrected chi connectivity index (χ1v) is 4.96. The monoisotopic (exact) mass is 190 g/mol. The van der Waals surface area contributed by atoms with E-state index >= 15 is 0 Å². The lowest BCUT2D eigenvalue weighted by Crippen LogP contribution is -1.95. The molecule has 0 atom stereocenters. The Labute approximate surface area is 86.4 Å². The fraction of sp³-hybridized carbons (Fsp3) is 0.385. The van der Waals surface area contributed by atoms with E-state index in [1.807, 2.05) is 6.07 Å². The zero-order chi connectivity index (χ0) is 10.4. The Hall–Kier alpha value is -1.08. The van der Waals surface area contributed by atoms with Crippen molar-refractivity contribution in [2.24, 2.45) is 0 Å². The number of ether oxygens (including phenoxy) is 1. The Bertz CT molecular complexity index is 309. The minimum absolute atomic E-state index is 0.705. The van der Waals surface area contributed by atoms with Gasteiger partial charge in [0.25, 0.3) is 0 Å². The lowest BCUT2D eigenvalue weighted by atomic mass is 10.1. The lowest BCUT2D eigenvalue weighted by molar-refractivity contribution is 0.148. The van der Waals surface area contributed by atoms with Crippen molar-refractivity contribution in [1.29, 1.82) is 0 Å². The second-order valence-electron chi connectivity index (χ2n) is 3.72. The fourth-order valence-corrected chi connectivity index (χ4v) is 1.17. The molecule has 0 fully saturated rings. The Morgan fingerprint density at radius 3 is 2.64 bits per heavy atom. The molecule has 0 spiro atoms. The largest absolute Gasteiger partial charge is 0.373 e. The standard InChI is InChI=1S/C13H18O/c1-11(2)8-9-14-10-13-7-5-4-6-12(13)3/h4-8H,9-10H2,1-3H3. The molecule has 1 aromatic rings. The number of hydrogen-bond donors (Lipinski definition) is 0. The van der Waals surface area contributed by atoms with Crippen molar-refractivity contribution in [3.63, 3.8) is 0 Å². The van der Waals surface area contributed by atoms with Crippen LogP contribution in [0.1, 0.15) is 25.0 Å². The molecule has 0 N–H and O–H groups in total. The van der Waals surface area contributed by atoms with Crippen molar-refractivity contribution in [3.05, 3.63) is 47.0 Å². The molecule has 1 aromatic carbocycles. The maximum atomic E-state index is 5.53. The second kappa shape index (κ2) is 5.61. The molecule has 0 aliphatic carbocycles. The molecular formula is C13H18O. The molecule has 0 radical (unpaired) electrons. The topological polar surface area (TPSA) is 9.23 Å². The molecular weight excluding hydrogens is 172 g/mol. The maximum absolute atomic E-state index is 5.53. The molecule has 1 rings (SSSR count). The van der Waals surface area contributed by atoms with E-state index in [2.05, 4.69) is 45.0 Å². The highest BCUT2D eigenvalue weighted by Gasteiger charge is 1.95. The third-order valence-electron chi connectivity index (χ3n) is 2.13. The van der Waals surface area contributed by atoms with Crippen LogP contribution >= 0.6 is 0 Å². The number of benzene rings is 1. The summed E-state index contributed by atoms with van der Waals surface area (Å²) in [6.45, 7) is 7.68. The van der Waals surface area contributed by atoms with Crippen molar-refractivity contribution in [2.75, 3.05) is 6.61 Å². The molecule has 0 heterocycles. The van der Waals surface area contributed by atoms with Crippen LogP contribution in [0.4, 0.5) is 0 Å². The van der Waals surface area contributed by atoms with Crippen molar-refractivity contribution < 1.29 is 4.74 Å². The summed E-state index contributed by atoms with van der Waals surface area (Å²) in [4.78, 5) is 0. The summed E-state index contributed by atoms with van der Waals surface area (Å²) in [5, 5.41) is 0.